The van der Waals surface area contributed by atoms with Crippen LogP contribution in [-0.2, 0) is 9.59 Å². The molecule has 1 aliphatic carbocycles. The molecule has 0 heterocycles. The van der Waals surface area contributed by atoms with Gasteiger partial charge in [-0.3, -0.25) is 9.59 Å². The van der Waals surface area contributed by atoms with E-state index in [1.165, 1.54) is 18.2 Å². The van der Waals surface area contributed by atoms with Gasteiger partial charge in [0.25, 0.3) is 0 Å². The van der Waals surface area contributed by atoms with E-state index in [0.717, 1.165) is 25.7 Å². The molecule has 1 atom stereocenters. The lowest BCUT2D eigenvalue weighted by atomic mass is 9.82. The van der Waals surface area contributed by atoms with Gasteiger partial charge in [-0.1, -0.05) is 32.4 Å². The first-order valence-corrected chi connectivity index (χ1v) is 9.22. The third kappa shape index (κ3) is 5.43. The molecule has 2 rings (SSSR count). The average molecular weight is 369 g/mol. The number of hydrogen-bond acceptors (Lipinski definition) is 2. The van der Waals surface area contributed by atoms with Crippen molar-refractivity contribution in [3.8, 4) is 0 Å². The van der Waals surface area contributed by atoms with Gasteiger partial charge in [0, 0.05) is 11.6 Å². The minimum atomic E-state index is -0.643. The van der Waals surface area contributed by atoms with Gasteiger partial charge in [0.2, 0.25) is 11.8 Å². The molecular weight excluding hydrogens is 343 g/mol. The van der Waals surface area contributed by atoms with Crippen LogP contribution in [0, 0.1) is 23.6 Å². The molecule has 4 nitrogen and oxygen atoms in total. The number of halogens is 2. The van der Waals surface area contributed by atoms with Gasteiger partial charge in [-0.25, -0.2) is 4.39 Å². The first kappa shape index (κ1) is 19.7. The van der Waals surface area contributed by atoms with E-state index in [2.05, 4.69) is 17.6 Å². The van der Waals surface area contributed by atoms with Gasteiger partial charge in [0.1, 0.15) is 11.9 Å². The Morgan fingerprint density at radius 1 is 1.20 bits per heavy atom. The second-order valence-electron chi connectivity index (χ2n) is 7.31. The molecule has 1 fully saturated rings. The molecule has 1 aliphatic rings. The molecule has 1 aromatic rings. The summed E-state index contributed by atoms with van der Waals surface area (Å²) in [5.74, 6) is -0.350. The van der Waals surface area contributed by atoms with Crippen LogP contribution < -0.4 is 10.6 Å². The van der Waals surface area contributed by atoms with Crippen molar-refractivity contribution in [3.63, 3.8) is 0 Å². The lowest BCUT2D eigenvalue weighted by Crippen LogP contribution is -2.49. The molecule has 0 saturated heterocycles. The quantitative estimate of drug-likeness (QED) is 0.810. The van der Waals surface area contributed by atoms with Gasteiger partial charge >= 0.3 is 0 Å². The standard InChI is InChI=1S/C19H26ClFN2O2/c1-11(2)17(23-18(24)13-6-4-12(3)5-7-13)19(25)22-14-8-9-16(21)15(20)10-14/h8-13,17H,4-7H2,1-3H3,(H,22,25)(H,23,24)/t12?,13?,17-/m0/s1. The van der Waals surface area contributed by atoms with Crippen molar-refractivity contribution in [2.45, 2.75) is 52.5 Å². The largest absolute Gasteiger partial charge is 0.344 e. The molecule has 2 N–H and O–H groups in total. The zero-order valence-electron chi connectivity index (χ0n) is 14.9. The predicted molar refractivity (Wildman–Crippen MR) is 97.9 cm³/mol. The fourth-order valence-electron chi connectivity index (χ4n) is 3.12. The number of nitrogens with one attached hydrogen (secondary N) is 2. The Kier molecular flexibility index (Phi) is 6.82. The molecule has 2 amide bonds. The Hall–Kier alpha value is -1.62. The monoisotopic (exact) mass is 368 g/mol. The van der Waals surface area contributed by atoms with Gasteiger partial charge in [-0.2, -0.15) is 0 Å². The number of carbonyl (C=O) groups is 2. The smallest absolute Gasteiger partial charge is 0.247 e. The Morgan fingerprint density at radius 3 is 2.40 bits per heavy atom. The van der Waals surface area contributed by atoms with Crippen LogP contribution in [0.15, 0.2) is 18.2 Å². The number of hydrogen-bond donors (Lipinski definition) is 2. The van der Waals surface area contributed by atoms with Crippen molar-refractivity contribution >= 4 is 29.1 Å². The van der Waals surface area contributed by atoms with Gasteiger partial charge in [0.05, 0.1) is 5.02 Å². The SMILES string of the molecule is CC1CCC(C(=O)N[C@H](C(=O)Nc2ccc(F)c(Cl)c2)C(C)C)CC1. The lowest BCUT2D eigenvalue weighted by Gasteiger charge is -2.28. The highest BCUT2D eigenvalue weighted by Gasteiger charge is 2.29. The maximum absolute atomic E-state index is 13.2. The van der Waals surface area contributed by atoms with Gasteiger partial charge in [-0.15, -0.1) is 0 Å². The Morgan fingerprint density at radius 2 is 1.84 bits per heavy atom. The van der Waals surface area contributed by atoms with Crippen LogP contribution in [0.25, 0.3) is 0 Å². The van der Waals surface area contributed by atoms with E-state index < -0.39 is 11.9 Å². The Balaban J connectivity index is 2.00. The van der Waals surface area contributed by atoms with Crippen LogP contribution in [0.4, 0.5) is 10.1 Å². The normalized spacial score (nSPS) is 21.7. The van der Waals surface area contributed by atoms with Crippen molar-refractivity contribution in [2.75, 3.05) is 5.32 Å². The molecule has 138 valence electrons. The van der Waals surface area contributed by atoms with Crippen LogP contribution in [0.2, 0.25) is 5.02 Å². The maximum atomic E-state index is 13.2. The summed E-state index contributed by atoms with van der Waals surface area (Å²) < 4.78 is 13.2. The Labute approximate surface area is 153 Å². The second kappa shape index (κ2) is 8.65. The number of benzene rings is 1. The van der Waals surface area contributed by atoms with E-state index in [1.807, 2.05) is 13.8 Å². The van der Waals surface area contributed by atoms with E-state index in [9.17, 15) is 14.0 Å². The fraction of sp³-hybridized carbons (Fsp3) is 0.579. The van der Waals surface area contributed by atoms with Gasteiger partial charge in [-0.05, 0) is 55.7 Å². The highest BCUT2D eigenvalue weighted by molar-refractivity contribution is 6.31. The summed E-state index contributed by atoms with van der Waals surface area (Å²) in [6.07, 6.45) is 3.83. The molecule has 25 heavy (non-hydrogen) atoms. The zero-order chi connectivity index (χ0) is 18.6. The lowest BCUT2D eigenvalue weighted by molar-refractivity contribution is -0.131. The van der Waals surface area contributed by atoms with Crippen molar-refractivity contribution < 1.29 is 14.0 Å². The van der Waals surface area contributed by atoms with Crippen LogP contribution >= 0.6 is 11.6 Å². The Bertz CT molecular complexity index is 628. The molecule has 0 aromatic heterocycles. The van der Waals surface area contributed by atoms with E-state index in [-0.39, 0.29) is 28.7 Å². The minimum Gasteiger partial charge on any atom is -0.344 e. The maximum Gasteiger partial charge on any atom is 0.247 e. The van der Waals surface area contributed by atoms with E-state index in [0.29, 0.717) is 11.6 Å². The number of amides is 2. The number of anilines is 1. The third-order valence-corrected chi connectivity index (χ3v) is 5.11. The summed E-state index contributed by atoms with van der Waals surface area (Å²) in [7, 11) is 0. The topological polar surface area (TPSA) is 58.2 Å². The summed E-state index contributed by atoms with van der Waals surface area (Å²) in [5.41, 5.74) is 0.405. The fourth-order valence-corrected chi connectivity index (χ4v) is 3.30. The molecule has 0 bridgehead atoms. The summed E-state index contributed by atoms with van der Waals surface area (Å²) in [6.45, 7) is 5.96. The van der Waals surface area contributed by atoms with Crippen LogP contribution in [-0.4, -0.2) is 17.9 Å². The van der Waals surface area contributed by atoms with E-state index in [1.54, 1.807) is 0 Å². The summed E-state index contributed by atoms with van der Waals surface area (Å²) in [4.78, 5) is 25.1. The third-order valence-electron chi connectivity index (χ3n) is 4.82. The molecule has 0 radical (unpaired) electrons. The molecule has 6 heteroatoms. The second-order valence-corrected chi connectivity index (χ2v) is 7.71. The van der Waals surface area contributed by atoms with Crippen molar-refractivity contribution in [1.29, 1.82) is 0 Å². The summed E-state index contributed by atoms with van der Waals surface area (Å²) in [5, 5.41) is 5.53. The van der Waals surface area contributed by atoms with Crippen molar-refractivity contribution in [1.82, 2.24) is 5.32 Å². The van der Waals surface area contributed by atoms with Crippen LogP contribution in [0.1, 0.15) is 46.5 Å². The average Bonchev–Trinajstić information content (AvgIpc) is 2.56. The molecule has 0 unspecified atom stereocenters. The summed E-state index contributed by atoms with van der Waals surface area (Å²) in [6, 6.07) is 3.36. The molecule has 0 aliphatic heterocycles. The van der Waals surface area contributed by atoms with E-state index >= 15 is 0 Å². The van der Waals surface area contributed by atoms with Crippen LogP contribution in [0.3, 0.4) is 0 Å². The zero-order valence-corrected chi connectivity index (χ0v) is 15.7. The number of carbonyl (C=O) groups excluding carboxylic acids is 2. The predicted octanol–water partition coefficient (Wildman–Crippen LogP) is 4.38. The molecule has 1 aromatic carbocycles. The highest BCUT2D eigenvalue weighted by atomic mass is 35.5. The van der Waals surface area contributed by atoms with Gasteiger partial charge < -0.3 is 10.6 Å². The molecule has 1 saturated carbocycles. The van der Waals surface area contributed by atoms with Crippen molar-refractivity contribution in [3.05, 3.63) is 29.0 Å². The first-order chi connectivity index (χ1) is 11.8. The molecule has 0 spiro atoms. The highest BCUT2D eigenvalue weighted by Crippen LogP contribution is 2.28. The summed E-state index contributed by atoms with van der Waals surface area (Å²) >= 11 is 5.74. The van der Waals surface area contributed by atoms with Gasteiger partial charge in [0.15, 0.2) is 0 Å². The minimum absolute atomic E-state index is 0.0227. The molecular formula is C19H26ClFN2O2. The first-order valence-electron chi connectivity index (χ1n) is 8.84. The number of rotatable bonds is 5. The van der Waals surface area contributed by atoms with E-state index in [4.69, 9.17) is 11.6 Å². The van der Waals surface area contributed by atoms with Crippen molar-refractivity contribution in [2.24, 2.45) is 17.8 Å². The van der Waals surface area contributed by atoms with Crippen LogP contribution in [0.5, 0.6) is 0 Å².